The minimum absolute atomic E-state index is 0.190. The van der Waals surface area contributed by atoms with Crippen LogP contribution in [0.2, 0.25) is 0 Å². The van der Waals surface area contributed by atoms with Crippen molar-refractivity contribution in [2.45, 2.75) is 26.4 Å². The van der Waals surface area contributed by atoms with Crippen LogP contribution in [-0.2, 0) is 6.54 Å². The van der Waals surface area contributed by atoms with Crippen LogP contribution >= 0.6 is 0 Å². The number of rotatable bonds is 8. The minimum atomic E-state index is -0.190. The van der Waals surface area contributed by atoms with Crippen LogP contribution in [0, 0.1) is 13.8 Å². The quantitative estimate of drug-likeness (QED) is 0.359. The lowest BCUT2D eigenvalue weighted by molar-refractivity contribution is 0.197. The number of tetrazole rings is 1. The molecule has 0 aliphatic carbocycles. The molecule has 1 atom stereocenters. The molecule has 0 N–H and O–H groups in total. The Morgan fingerprint density at radius 1 is 0.865 bits per heavy atom. The van der Waals surface area contributed by atoms with Crippen molar-refractivity contribution in [3.05, 3.63) is 94.8 Å². The van der Waals surface area contributed by atoms with Gasteiger partial charge < -0.3 is 14.4 Å². The van der Waals surface area contributed by atoms with E-state index in [4.69, 9.17) is 9.47 Å². The normalized spacial score (nSPS) is 15.0. The summed E-state index contributed by atoms with van der Waals surface area (Å²) < 4.78 is 13.3. The SMILES string of the molecule is COc1ccc(OC)c([C@H](c2nnnn2Cc2ccccc2)N2CCN(c3cccc(C)c3C)CC2)c1. The summed E-state index contributed by atoms with van der Waals surface area (Å²) in [5.74, 6) is 2.35. The van der Waals surface area contributed by atoms with Crippen LogP contribution in [0.3, 0.4) is 0 Å². The Morgan fingerprint density at radius 3 is 2.38 bits per heavy atom. The maximum absolute atomic E-state index is 5.82. The number of hydrogen-bond donors (Lipinski definition) is 0. The van der Waals surface area contributed by atoms with Crippen molar-refractivity contribution in [2.75, 3.05) is 45.3 Å². The zero-order valence-electron chi connectivity index (χ0n) is 22.0. The molecule has 0 spiro atoms. The van der Waals surface area contributed by atoms with Gasteiger partial charge in [-0.2, -0.15) is 0 Å². The lowest BCUT2D eigenvalue weighted by atomic mass is 10.0. The van der Waals surface area contributed by atoms with Crippen LogP contribution in [0.5, 0.6) is 11.5 Å². The highest BCUT2D eigenvalue weighted by Crippen LogP contribution is 2.37. The first-order valence-electron chi connectivity index (χ1n) is 12.7. The van der Waals surface area contributed by atoms with Crippen molar-refractivity contribution >= 4 is 5.69 Å². The molecule has 5 rings (SSSR count). The molecule has 1 fully saturated rings. The van der Waals surface area contributed by atoms with E-state index < -0.39 is 0 Å². The lowest BCUT2D eigenvalue weighted by Crippen LogP contribution is -2.48. The minimum Gasteiger partial charge on any atom is -0.497 e. The molecule has 0 unspecified atom stereocenters. The number of methoxy groups -OCH3 is 2. The summed E-state index contributed by atoms with van der Waals surface area (Å²) in [6.07, 6.45) is 0. The molecule has 0 radical (unpaired) electrons. The number of ether oxygens (including phenoxy) is 2. The Hall–Kier alpha value is -3.91. The first-order chi connectivity index (χ1) is 18.1. The number of nitrogens with zero attached hydrogens (tertiary/aromatic N) is 6. The van der Waals surface area contributed by atoms with E-state index in [1.54, 1.807) is 14.2 Å². The van der Waals surface area contributed by atoms with Gasteiger partial charge in [0.25, 0.3) is 0 Å². The molecule has 0 bridgehead atoms. The number of aromatic nitrogens is 4. The Bertz CT molecular complexity index is 1330. The van der Waals surface area contributed by atoms with Gasteiger partial charge in [0.2, 0.25) is 0 Å². The van der Waals surface area contributed by atoms with Gasteiger partial charge in [0.15, 0.2) is 5.82 Å². The third kappa shape index (κ3) is 5.15. The van der Waals surface area contributed by atoms with Crippen molar-refractivity contribution < 1.29 is 9.47 Å². The van der Waals surface area contributed by atoms with E-state index in [-0.39, 0.29) is 6.04 Å². The molecule has 8 heteroatoms. The second-order valence-corrected chi connectivity index (χ2v) is 9.43. The molecule has 1 aliphatic rings. The summed E-state index contributed by atoms with van der Waals surface area (Å²) in [5.41, 5.74) is 6.11. The highest BCUT2D eigenvalue weighted by Gasteiger charge is 2.33. The molecule has 192 valence electrons. The molecule has 0 saturated carbocycles. The predicted octanol–water partition coefficient (Wildman–Crippen LogP) is 4.27. The first kappa shape index (κ1) is 24.8. The third-order valence-corrected chi connectivity index (χ3v) is 7.31. The van der Waals surface area contributed by atoms with E-state index in [1.807, 2.05) is 41.1 Å². The predicted molar refractivity (Wildman–Crippen MR) is 144 cm³/mol. The van der Waals surface area contributed by atoms with Crippen molar-refractivity contribution in [2.24, 2.45) is 0 Å². The van der Waals surface area contributed by atoms with Crippen molar-refractivity contribution in [1.29, 1.82) is 0 Å². The number of hydrogen-bond acceptors (Lipinski definition) is 7. The summed E-state index contributed by atoms with van der Waals surface area (Å²) in [4.78, 5) is 4.93. The Kier molecular flexibility index (Phi) is 7.37. The molecular formula is C29H34N6O2. The molecule has 1 saturated heterocycles. The van der Waals surface area contributed by atoms with Gasteiger partial charge in [-0.15, -0.1) is 5.10 Å². The van der Waals surface area contributed by atoms with Crippen LogP contribution in [0.1, 0.15) is 34.1 Å². The zero-order valence-corrected chi connectivity index (χ0v) is 22.0. The Morgan fingerprint density at radius 2 is 1.65 bits per heavy atom. The smallest absolute Gasteiger partial charge is 0.173 e. The molecule has 37 heavy (non-hydrogen) atoms. The summed E-state index contributed by atoms with van der Waals surface area (Å²) in [5, 5.41) is 13.0. The fraction of sp³-hybridized carbons (Fsp3) is 0.345. The number of piperazine rings is 1. The average molecular weight is 499 g/mol. The molecule has 1 aromatic heterocycles. The van der Waals surface area contributed by atoms with Crippen LogP contribution in [-0.4, -0.2) is 65.5 Å². The van der Waals surface area contributed by atoms with Crippen molar-refractivity contribution in [1.82, 2.24) is 25.1 Å². The van der Waals surface area contributed by atoms with Gasteiger partial charge >= 0.3 is 0 Å². The van der Waals surface area contributed by atoms with E-state index >= 15 is 0 Å². The first-order valence-corrected chi connectivity index (χ1v) is 12.7. The molecule has 4 aromatic rings. The summed E-state index contributed by atoms with van der Waals surface area (Å²) in [6, 6.07) is 22.5. The van der Waals surface area contributed by atoms with E-state index in [0.717, 1.165) is 54.6 Å². The van der Waals surface area contributed by atoms with Crippen molar-refractivity contribution in [3.63, 3.8) is 0 Å². The fourth-order valence-electron chi connectivity index (χ4n) is 5.13. The third-order valence-electron chi connectivity index (χ3n) is 7.31. The fourth-order valence-corrected chi connectivity index (χ4v) is 5.13. The van der Waals surface area contributed by atoms with Crippen LogP contribution in [0.25, 0.3) is 0 Å². The van der Waals surface area contributed by atoms with Crippen LogP contribution in [0.4, 0.5) is 5.69 Å². The maximum atomic E-state index is 5.82. The van der Waals surface area contributed by atoms with Gasteiger partial charge in [0.05, 0.1) is 20.8 Å². The van der Waals surface area contributed by atoms with E-state index in [0.29, 0.717) is 6.54 Å². The van der Waals surface area contributed by atoms with E-state index in [1.165, 1.54) is 16.8 Å². The summed E-state index contributed by atoms with van der Waals surface area (Å²) >= 11 is 0. The number of anilines is 1. The molecule has 2 heterocycles. The van der Waals surface area contributed by atoms with Crippen molar-refractivity contribution in [3.8, 4) is 11.5 Å². The Balaban J connectivity index is 1.50. The van der Waals surface area contributed by atoms with Crippen LogP contribution in [0.15, 0.2) is 66.7 Å². The van der Waals surface area contributed by atoms with Gasteiger partial charge in [-0.3, -0.25) is 4.90 Å². The Labute approximate surface area is 218 Å². The number of aryl methyl sites for hydroxylation is 1. The van der Waals surface area contributed by atoms with Gasteiger partial charge in [-0.25, -0.2) is 4.68 Å². The second-order valence-electron chi connectivity index (χ2n) is 9.43. The molecule has 1 aliphatic heterocycles. The highest BCUT2D eigenvalue weighted by atomic mass is 16.5. The molecule has 3 aromatic carbocycles. The summed E-state index contributed by atoms with van der Waals surface area (Å²) in [6.45, 7) is 8.51. The molecule has 0 amide bonds. The topological polar surface area (TPSA) is 68.5 Å². The van der Waals surface area contributed by atoms with Gasteiger partial charge in [0, 0.05) is 37.4 Å². The standard InChI is InChI=1S/C29H34N6O2/c1-21-9-8-12-26(22(21)2)33-15-17-34(18-16-33)28(25-19-24(36-3)13-14-27(25)37-4)29-30-31-32-35(29)20-23-10-6-5-7-11-23/h5-14,19,28H,15-18,20H2,1-4H3/t28-/m1/s1. The summed E-state index contributed by atoms with van der Waals surface area (Å²) in [7, 11) is 3.39. The van der Waals surface area contributed by atoms with Gasteiger partial charge in [-0.1, -0.05) is 42.5 Å². The second kappa shape index (κ2) is 11.0. The van der Waals surface area contributed by atoms with Gasteiger partial charge in [0.1, 0.15) is 17.5 Å². The van der Waals surface area contributed by atoms with E-state index in [2.05, 4.69) is 69.5 Å². The zero-order chi connectivity index (χ0) is 25.8. The molecular weight excluding hydrogens is 464 g/mol. The monoisotopic (exact) mass is 498 g/mol. The maximum Gasteiger partial charge on any atom is 0.173 e. The van der Waals surface area contributed by atoms with Crippen LogP contribution < -0.4 is 14.4 Å². The van der Waals surface area contributed by atoms with Gasteiger partial charge in [-0.05, 0) is 65.2 Å². The number of benzene rings is 3. The average Bonchev–Trinajstić information content (AvgIpc) is 3.38. The molecule has 8 nitrogen and oxygen atoms in total. The largest absolute Gasteiger partial charge is 0.497 e. The van der Waals surface area contributed by atoms with E-state index in [9.17, 15) is 0 Å². The lowest BCUT2D eigenvalue weighted by Gasteiger charge is -2.40. The highest BCUT2D eigenvalue weighted by molar-refractivity contribution is 5.56.